The maximum absolute atomic E-state index is 10.6. The van der Waals surface area contributed by atoms with Gasteiger partial charge in [0.05, 0.1) is 18.3 Å². The standard InChI is InChI=1S/C10H16N4O3/c1-7(17-2)3-13-4-8(5-13)14-6-9(10(15)16)11-12-14/h6-8H,3-5H2,1-2H3,(H,15,16). The van der Waals surface area contributed by atoms with Crippen molar-refractivity contribution in [2.24, 2.45) is 0 Å². The summed E-state index contributed by atoms with van der Waals surface area (Å²) in [6, 6.07) is 0.222. The molecule has 0 saturated carbocycles. The van der Waals surface area contributed by atoms with Crippen molar-refractivity contribution in [2.75, 3.05) is 26.7 Å². The van der Waals surface area contributed by atoms with Crippen molar-refractivity contribution in [1.82, 2.24) is 19.9 Å². The second kappa shape index (κ2) is 4.80. The van der Waals surface area contributed by atoms with E-state index in [-0.39, 0.29) is 17.8 Å². The van der Waals surface area contributed by atoms with E-state index in [4.69, 9.17) is 9.84 Å². The predicted molar refractivity (Wildman–Crippen MR) is 58.9 cm³/mol. The molecule has 0 spiro atoms. The van der Waals surface area contributed by atoms with E-state index >= 15 is 0 Å². The van der Waals surface area contributed by atoms with E-state index in [9.17, 15) is 4.79 Å². The van der Waals surface area contributed by atoms with Gasteiger partial charge in [0, 0.05) is 26.7 Å². The Balaban J connectivity index is 1.84. The molecule has 2 rings (SSSR count). The molecule has 1 N–H and O–H groups in total. The summed E-state index contributed by atoms with van der Waals surface area (Å²) < 4.78 is 6.80. The number of rotatable bonds is 5. The lowest BCUT2D eigenvalue weighted by atomic mass is 10.1. The molecule has 1 aromatic rings. The molecular weight excluding hydrogens is 224 g/mol. The van der Waals surface area contributed by atoms with E-state index in [0.717, 1.165) is 19.6 Å². The Hall–Kier alpha value is -1.47. The first-order valence-electron chi connectivity index (χ1n) is 5.50. The summed E-state index contributed by atoms with van der Waals surface area (Å²) in [6.45, 7) is 4.62. The number of methoxy groups -OCH3 is 1. The molecule has 2 heterocycles. The number of hydrogen-bond donors (Lipinski definition) is 1. The first-order chi connectivity index (χ1) is 8.10. The molecule has 0 aromatic carbocycles. The fraction of sp³-hybridized carbons (Fsp3) is 0.700. The molecule has 7 nitrogen and oxygen atoms in total. The van der Waals surface area contributed by atoms with Crippen molar-refractivity contribution in [1.29, 1.82) is 0 Å². The van der Waals surface area contributed by atoms with Gasteiger partial charge in [0.25, 0.3) is 0 Å². The van der Waals surface area contributed by atoms with Gasteiger partial charge in [0.1, 0.15) is 0 Å². The summed E-state index contributed by atoms with van der Waals surface area (Å²) in [5.41, 5.74) is -0.00582. The van der Waals surface area contributed by atoms with E-state index in [0.29, 0.717) is 0 Å². The minimum atomic E-state index is -1.04. The van der Waals surface area contributed by atoms with Gasteiger partial charge >= 0.3 is 5.97 Å². The molecule has 17 heavy (non-hydrogen) atoms. The van der Waals surface area contributed by atoms with Crippen LogP contribution in [-0.2, 0) is 4.74 Å². The van der Waals surface area contributed by atoms with Gasteiger partial charge in [0.15, 0.2) is 5.69 Å². The predicted octanol–water partition coefficient (Wildman–Crippen LogP) is -0.132. The molecular formula is C10H16N4O3. The average molecular weight is 240 g/mol. The molecule has 1 atom stereocenters. The van der Waals surface area contributed by atoms with Crippen LogP contribution >= 0.6 is 0 Å². The minimum absolute atomic E-state index is 0.00582. The lowest BCUT2D eigenvalue weighted by molar-refractivity contribution is 0.0254. The van der Waals surface area contributed by atoms with Crippen molar-refractivity contribution < 1.29 is 14.6 Å². The zero-order valence-corrected chi connectivity index (χ0v) is 9.91. The van der Waals surface area contributed by atoms with Gasteiger partial charge in [-0.3, -0.25) is 4.90 Å². The fourth-order valence-electron chi connectivity index (χ4n) is 1.85. The maximum Gasteiger partial charge on any atom is 0.358 e. The summed E-state index contributed by atoms with van der Waals surface area (Å²) in [4.78, 5) is 12.9. The van der Waals surface area contributed by atoms with Crippen LogP contribution in [0.2, 0.25) is 0 Å². The van der Waals surface area contributed by atoms with Gasteiger partial charge < -0.3 is 9.84 Å². The largest absolute Gasteiger partial charge is 0.476 e. The second-order valence-corrected chi connectivity index (χ2v) is 4.31. The van der Waals surface area contributed by atoms with Crippen LogP contribution in [0.4, 0.5) is 0 Å². The van der Waals surface area contributed by atoms with Crippen molar-refractivity contribution in [3.63, 3.8) is 0 Å². The van der Waals surface area contributed by atoms with Crippen LogP contribution in [0.15, 0.2) is 6.20 Å². The lowest BCUT2D eigenvalue weighted by Crippen LogP contribution is -2.50. The fourth-order valence-corrected chi connectivity index (χ4v) is 1.85. The summed E-state index contributed by atoms with van der Waals surface area (Å²) in [5.74, 6) is -1.04. The monoisotopic (exact) mass is 240 g/mol. The van der Waals surface area contributed by atoms with Crippen molar-refractivity contribution in [3.05, 3.63) is 11.9 Å². The maximum atomic E-state index is 10.6. The number of nitrogens with zero attached hydrogens (tertiary/aromatic N) is 4. The number of carboxylic acids is 1. The van der Waals surface area contributed by atoms with Crippen molar-refractivity contribution >= 4 is 5.97 Å². The van der Waals surface area contributed by atoms with Gasteiger partial charge in [-0.1, -0.05) is 5.21 Å². The zero-order valence-electron chi connectivity index (χ0n) is 9.91. The highest BCUT2D eigenvalue weighted by atomic mass is 16.5. The summed E-state index contributed by atoms with van der Waals surface area (Å²) in [5, 5.41) is 16.1. The minimum Gasteiger partial charge on any atom is -0.476 e. The number of ether oxygens (including phenoxy) is 1. The van der Waals surface area contributed by atoms with Gasteiger partial charge in [0.2, 0.25) is 0 Å². The molecule has 1 aliphatic rings. The molecule has 1 fully saturated rings. The highest BCUT2D eigenvalue weighted by Gasteiger charge is 2.30. The van der Waals surface area contributed by atoms with Crippen LogP contribution in [0.5, 0.6) is 0 Å². The molecule has 0 amide bonds. The molecule has 0 aliphatic carbocycles. The summed E-state index contributed by atoms with van der Waals surface area (Å²) in [6.07, 6.45) is 1.69. The molecule has 7 heteroatoms. The summed E-state index contributed by atoms with van der Waals surface area (Å²) >= 11 is 0. The Labute approximate surface area is 99.0 Å². The number of aromatic carboxylic acids is 1. The van der Waals surface area contributed by atoms with Crippen LogP contribution < -0.4 is 0 Å². The molecule has 0 bridgehead atoms. The number of carbonyl (C=O) groups is 1. The highest BCUT2D eigenvalue weighted by molar-refractivity contribution is 5.84. The van der Waals surface area contributed by atoms with Gasteiger partial charge in [-0.25, -0.2) is 9.48 Å². The topological polar surface area (TPSA) is 80.5 Å². The molecule has 1 saturated heterocycles. The number of likely N-dealkylation sites (tertiary alicyclic amines) is 1. The number of hydrogen-bond acceptors (Lipinski definition) is 5. The van der Waals surface area contributed by atoms with E-state index in [1.807, 2.05) is 6.92 Å². The van der Waals surface area contributed by atoms with E-state index in [1.165, 1.54) is 6.20 Å². The average Bonchev–Trinajstić information content (AvgIpc) is 2.71. The van der Waals surface area contributed by atoms with Crippen molar-refractivity contribution in [3.8, 4) is 0 Å². The lowest BCUT2D eigenvalue weighted by Gasteiger charge is -2.39. The first kappa shape index (κ1) is 12.0. The van der Waals surface area contributed by atoms with Crippen LogP contribution in [0.25, 0.3) is 0 Å². The number of carboxylic acid groups (broad SMARTS) is 1. The zero-order chi connectivity index (χ0) is 12.4. The number of aromatic nitrogens is 3. The quantitative estimate of drug-likeness (QED) is 0.772. The van der Waals surface area contributed by atoms with Crippen molar-refractivity contribution in [2.45, 2.75) is 19.1 Å². The highest BCUT2D eigenvalue weighted by Crippen LogP contribution is 2.20. The second-order valence-electron chi connectivity index (χ2n) is 4.31. The molecule has 1 unspecified atom stereocenters. The van der Waals surface area contributed by atoms with Gasteiger partial charge in [-0.05, 0) is 6.92 Å². The third kappa shape index (κ3) is 2.62. The smallest absolute Gasteiger partial charge is 0.358 e. The Morgan fingerprint density at radius 2 is 2.41 bits per heavy atom. The third-order valence-corrected chi connectivity index (χ3v) is 2.96. The Morgan fingerprint density at radius 3 is 2.94 bits per heavy atom. The molecule has 94 valence electrons. The molecule has 1 aromatic heterocycles. The normalized spacial score (nSPS) is 18.9. The van der Waals surface area contributed by atoms with Gasteiger partial charge in [-0.2, -0.15) is 0 Å². The van der Waals surface area contributed by atoms with E-state index in [2.05, 4.69) is 15.2 Å². The van der Waals surface area contributed by atoms with Crippen LogP contribution in [0.1, 0.15) is 23.5 Å². The molecule has 0 radical (unpaired) electrons. The Kier molecular flexibility index (Phi) is 3.39. The van der Waals surface area contributed by atoms with Crippen LogP contribution in [-0.4, -0.2) is 63.8 Å². The summed E-state index contributed by atoms with van der Waals surface area (Å²) in [7, 11) is 1.69. The third-order valence-electron chi connectivity index (χ3n) is 2.96. The molecule has 1 aliphatic heterocycles. The first-order valence-corrected chi connectivity index (χ1v) is 5.50. The van der Waals surface area contributed by atoms with Crippen LogP contribution in [0.3, 0.4) is 0 Å². The van der Waals surface area contributed by atoms with E-state index < -0.39 is 5.97 Å². The van der Waals surface area contributed by atoms with Crippen LogP contribution in [0, 0.1) is 0 Å². The Morgan fingerprint density at radius 1 is 1.71 bits per heavy atom. The van der Waals surface area contributed by atoms with E-state index in [1.54, 1.807) is 11.8 Å². The Bertz CT molecular complexity index is 400. The SMILES string of the molecule is COC(C)CN1CC(n2cc(C(=O)O)nn2)C1. The van der Waals surface area contributed by atoms with Gasteiger partial charge in [-0.15, -0.1) is 5.10 Å².